The summed E-state index contributed by atoms with van der Waals surface area (Å²) in [6.07, 6.45) is 3.84. The van der Waals surface area contributed by atoms with Gasteiger partial charge in [0.15, 0.2) is 5.13 Å². The number of aryl methyl sites for hydroxylation is 2. The zero-order valence-electron chi connectivity index (χ0n) is 16.0. The van der Waals surface area contributed by atoms with Crippen molar-refractivity contribution in [1.82, 2.24) is 14.9 Å². The minimum Gasteiger partial charge on any atom is -0.437 e. The van der Waals surface area contributed by atoms with Crippen LogP contribution in [0.25, 0.3) is 0 Å². The number of benzene rings is 1. The Morgan fingerprint density at radius 3 is 2.82 bits per heavy atom. The third kappa shape index (κ3) is 4.66. The third-order valence-electron chi connectivity index (χ3n) is 4.91. The summed E-state index contributed by atoms with van der Waals surface area (Å²) < 4.78 is 5.78. The summed E-state index contributed by atoms with van der Waals surface area (Å²) in [7, 11) is 0. The van der Waals surface area contributed by atoms with E-state index in [-0.39, 0.29) is 11.8 Å². The van der Waals surface area contributed by atoms with Gasteiger partial charge in [-0.15, -0.1) is 11.3 Å². The molecule has 0 bridgehead atoms. The van der Waals surface area contributed by atoms with Crippen LogP contribution in [0.15, 0.2) is 40.1 Å². The summed E-state index contributed by atoms with van der Waals surface area (Å²) in [5.74, 6) is 0.642. The van der Waals surface area contributed by atoms with E-state index in [0.717, 1.165) is 62.5 Å². The van der Waals surface area contributed by atoms with Crippen LogP contribution in [0.2, 0.25) is 0 Å². The summed E-state index contributed by atoms with van der Waals surface area (Å²) >= 11 is 1.40. The standard InChI is InChI=1S/C21H24N4O2S/c1-15-14-28-21(22-15)24-19(26)20-23-17-9-12-25(13-10-18(17)27-20)11-5-8-16-6-3-2-4-7-16/h2-4,6-7,14H,5,8-13H2,1H3,(H,22,24,26). The van der Waals surface area contributed by atoms with E-state index >= 15 is 0 Å². The molecule has 0 saturated carbocycles. The molecule has 1 aromatic carbocycles. The Balaban J connectivity index is 1.29. The molecule has 6 nitrogen and oxygen atoms in total. The molecule has 0 spiro atoms. The molecule has 1 amide bonds. The molecule has 28 heavy (non-hydrogen) atoms. The zero-order chi connectivity index (χ0) is 19.3. The van der Waals surface area contributed by atoms with Crippen LogP contribution >= 0.6 is 11.3 Å². The molecule has 3 aromatic rings. The van der Waals surface area contributed by atoms with Gasteiger partial charge in [0.25, 0.3) is 5.89 Å². The zero-order valence-corrected chi connectivity index (χ0v) is 16.8. The van der Waals surface area contributed by atoms with E-state index in [9.17, 15) is 4.79 Å². The number of carbonyl (C=O) groups excluding carboxylic acids is 1. The lowest BCUT2D eigenvalue weighted by Crippen LogP contribution is -2.28. The van der Waals surface area contributed by atoms with Crippen LogP contribution < -0.4 is 5.32 Å². The van der Waals surface area contributed by atoms with Crippen molar-refractivity contribution < 1.29 is 9.21 Å². The van der Waals surface area contributed by atoms with Crippen molar-refractivity contribution in [3.05, 3.63) is 64.3 Å². The van der Waals surface area contributed by atoms with Crippen molar-refractivity contribution in [3.63, 3.8) is 0 Å². The van der Waals surface area contributed by atoms with Gasteiger partial charge in [-0.2, -0.15) is 0 Å². The second-order valence-electron chi connectivity index (χ2n) is 7.07. The normalized spacial score (nSPS) is 14.5. The molecule has 0 fully saturated rings. The highest BCUT2D eigenvalue weighted by Gasteiger charge is 2.23. The van der Waals surface area contributed by atoms with Crippen molar-refractivity contribution in [2.24, 2.45) is 0 Å². The first-order valence-electron chi connectivity index (χ1n) is 9.66. The van der Waals surface area contributed by atoms with E-state index in [1.165, 1.54) is 16.9 Å². The lowest BCUT2D eigenvalue weighted by Gasteiger charge is -2.19. The molecule has 2 aromatic heterocycles. The number of fused-ring (bicyclic) bond motifs is 1. The minimum atomic E-state index is -0.331. The summed E-state index contributed by atoms with van der Waals surface area (Å²) in [5.41, 5.74) is 3.18. The van der Waals surface area contributed by atoms with Gasteiger partial charge in [-0.05, 0) is 31.9 Å². The molecular weight excluding hydrogens is 372 g/mol. The molecular formula is C21H24N4O2S. The fourth-order valence-electron chi connectivity index (χ4n) is 3.44. The first-order chi connectivity index (χ1) is 13.7. The number of oxazole rings is 1. The molecule has 1 aliphatic rings. The maximum Gasteiger partial charge on any atom is 0.313 e. The van der Waals surface area contributed by atoms with Gasteiger partial charge in [0, 0.05) is 31.3 Å². The number of thiazole rings is 1. The predicted molar refractivity (Wildman–Crippen MR) is 110 cm³/mol. The lowest BCUT2D eigenvalue weighted by molar-refractivity contribution is 0.0988. The minimum absolute atomic E-state index is 0.135. The summed E-state index contributed by atoms with van der Waals surface area (Å²) in [6.45, 7) is 4.84. The monoisotopic (exact) mass is 396 g/mol. The van der Waals surface area contributed by atoms with Crippen LogP contribution in [0.3, 0.4) is 0 Å². The van der Waals surface area contributed by atoms with Gasteiger partial charge >= 0.3 is 5.91 Å². The molecule has 0 unspecified atom stereocenters. The van der Waals surface area contributed by atoms with Crippen LogP contribution in [-0.4, -0.2) is 40.4 Å². The topological polar surface area (TPSA) is 71.3 Å². The molecule has 7 heteroatoms. The van der Waals surface area contributed by atoms with Crippen molar-refractivity contribution >= 4 is 22.4 Å². The van der Waals surface area contributed by atoms with Gasteiger partial charge < -0.3 is 9.32 Å². The Kier molecular flexibility index (Phi) is 5.83. The van der Waals surface area contributed by atoms with Gasteiger partial charge in [0.2, 0.25) is 0 Å². The summed E-state index contributed by atoms with van der Waals surface area (Å²) in [6, 6.07) is 10.6. The van der Waals surface area contributed by atoms with E-state index in [2.05, 4.69) is 50.5 Å². The highest BCUT2D eigenvalue weighted by atomic mass is 32.1. The second kappa shape index (κ2) is 8.67. The molecule has 3 heterocycles. The van der Waals surface area contributed by atoms with Crippen LogP contribution in [-0.2, 0) is 19.3 Å². The Morgan fingerprint density at radius 1 is 1.21 bits per heavy atom. The summed E-state index contributed by atoms with van der Waals surface area (Å²) in [4.78, 5) is 23.5. The first-order valence-corrected chi connectivity index (χ1v) is 10.5. The Labute approximate surface area is 168 Å². The van der Waals surface area contributed by atoms with Crippen molar-refractivity contribution in [2.45, 2.75) is 32.6 Å². The molecule has 1 aliphatic heterocycles. The van der Waals surface area contributed by atoms with Gasteiger partial charge in [-0.3, -0.25) is 10.1 Å². The SMILES string of the molecule is Cc1csc(NC(=O)c2nc3c(o2)CCN(CCCc2ccccc2)CC3)n1. The van der Waals surface area contributed by atoms with Gasteiger partial charge in [0.05, 0.1) is 11.4 Å². The maximum absolute atomic E-state index is 12.4. The van der Waals surface area contributed by atoms with Crippen molar-refractivity contribution in [3.8, 4) is 0 Å². The number of aromatic nitrogens is 2. The average Bonchev–Trinajstić information content (AvgIpc) is 3.25. The largest absolute Gasteiger partial charge is 0.437 e. The highest BCUT2D eigenvalue weighted by molar-refractivity contribution is 7.13. The second-order valence-corrected chi connectivity index (χ2v) is 7.93. The van der Waals surface area contributed by atoms with Gasteiger partial charge in [0.1, 0.15) is 5.76 Å². The lowest BCUT2D eigenvalue weighted by atomic mass is 10.1. The highest BCUT2D eigenvalue weighted by Crippen LogP contribution is 2.20. The van der Waals surface area contributed by atoms with Gasteiger partial charge in [-0.1, -0.05) is 30.3 Å². The molecule has 0 saturated heterocycles. The number of nitrogens with one attached hydrogen (secondary N) is 1. The number of hydrogen-bond acceptors (Lipinski definition) is 6. The van der Waals surface area contributed by atoms with Crippen LogP contribution in [0.1, 0.15) is 39.8 Å². The number of rotatable bonds is 6. The Morgan fingerprint density at radius 2 is 2.04 bits per heavy atom. The first kappa shape index (κ1) is 18.8. The number of carbonyl (C=O) groups is 1. The van der Waals surface area contributed by atoms with Gasteiger partial charge in [-0.25, -0.2) is 9.97 Å². The Hall–Kier alpha value is -2.51. The molecule has 1 N–H and O–H groups in total. The summed E-state index contributed by atoms with van der Waals surface area (Å²) in [5, 5.41) is 5.22. The quantitative estimate of drug-likeness (QED) is 0.687. The van der Waals surface area contributed by atoms with E-state index in [1.807, 2.05) is 12.3 Å². The molecule has 4 rings (SSSR count). The van der Waals surface area contributed by atoms with Crippen LogP contribution in [0, 0.1) is 6.92 Å². The molecule has 146 valence electrons. The molecule has 0 aliphatic carbocycles. The fourth-order valence-corrected chi connectivity index (χ4v) is 4.13. The van der Waals surface area contributed by atoms with Crippen molar-refractivity contribution in [2.75, 3.05) is 25.0 Å². The average molecular weight is 397 g/mol. The number of amides is 1. The van der Waals surface area contributed by atoms with E-state index in [4.69, 9.17) is 4.42 Å². The van der Waals surface area contributed by atoms with E-state index in [1.54, 1.807) is 0 Å². The molecule has 0 atom stereocenters. The van der Waals surface area contributed by atoms with Crippen LogP contribution in [0.5, 0.6) is 0 Å². The number of anilines is 1. The predicted octanol–water partition coefficient (Wildman–Crippen LogP) is 3.73. The maximum atomic E-state index is 12.4. The van der Waals surface area contributed by atoms with Crippen molar-refractivity contribution in [1.29, 1.82) is 0 Å². The number of hydrogen-bond donors (Lipinski definition) is 1. The van der Waals surface area contributed by atoms with E-state index < -0.39 is 0 Å². The smallest absolute Gasteiger partial charge is 0.313 e. The third-order valence-corrected chi connectivity index (χ3v) is 5.79. The Bertz CT molecular complexity index is 910. The molecule has 0 radical (unpaired) electrons. The fraction of sp³-hybridized carbons (Fsp3) is 0.381. The van der Waals surface area contributed by atoms with E-state index in [0.29, 0.717) is 5.13 Å². The number of nitrogens with zero attached hydrogens (tertiary/aromatic N) is 3. The van der Waals surface area contributed by atoms with Crippen LogP contribution in [0.4, 0.5) is 5.13 Å².